The van der Waals surface area contributed by atoms with E-state index in [1.54, 1.807) is 14.2 Å². The highest BCUT2D eigenvalue weighted by atomic mass is 16.5. The van der Waals surface area contributed by atoms with E-state index in [1.165, 1.54) is 30.4 Å². The summed E-state index contributed by atoms with van der Waals surface area (Å²) >= 11 is 0. The molecule has 0 spiro atoms. The van der Waals surface area contributed by atoms with Crippen LogP contribution in [0.4, 0.5) is 5.69 Å². The lowest BCUT2D eigenvalue weighted by molar-refractivity contribution is 0.386. The van der Waals surface area contributed by atoms with E-state index >= 15 is 0 Å². The Bertz CT molecular complexity index is 654. The van der Waals surface area contributed by atoms with Crippen LogP contribution in [0.25, 0.3) is 0 Å². The molecule has 2 aromatic carbocycles. The summed E-state index contributed by atoms with van der Waals surface area (Å²) in [6.45, 7) is 2.73. The average Bonchev–Trinajstić information content (AvgIpc) is 3.00. The molecule has 0 saturated carbocycles. The molecule has 0 heterocycles. The van der Waals surface area contributed by atoms with Gasteiger partial charge in [-0.2, -0.15) is 0 Å². The first-order valence-electron chi connectivity index (χ1n) is 7.78. The Morgan fingerprint density at radius 1 is 0.955 bits per heavy atom. The minimum atomic E-state index is 0.686. The van der Waals surface area contributed by atoms with Crippen LogP contribution in [0.5, 0.6) is 11.5 Å². The quantitative estimate of drug-likeness (QED) is 0.900. The van der Waals surface area contributed by atoms with Gasteiger partial charge in [0, 0.05) is 12.2 Å². The third kappa shape index (κ3) is 2.89. The van der Waals surface area contributed by atoms with Crippen molar-refractivity contribution in [3.63, 3.8) is 0 Å². The molecule has 0 unspecified atom stereocenters. The summed E-state index contributed by atoms with van der Waals surface area (Å²) in [6, 6.07) is 10.8. The lowest BCUT2D eigenvalue weighted by Crippen LogP contribution is -2.05. The molecule has 0 radical (unpaired) electrons. The molecule has 0 aliphatic heterocycles. The van der Waals surface area contributed by atoms with Gasteiger partial charge < -0.3 is 14.8 Å². The van der Waals surface area contributed by atoms with Gasteiger partial charge in [-0.15, -0.1) is 0 Å². The van der Waals surface area contributed by atoms with Gasteiger partial charge in [0.1, 0.15) is 11.5 Å². The minimum absolute atomic E-state index is 0.686. The van der Waals surface area contributed by atoms with Crippen LogP contribution in [0, 0.1) is 6.92 Å². The second-order valence-electron chi connectivity index (χ2n) is 5.84. The van der Waals surface area contributed by atoms with Crippen molar-refractivity contribution in [3.8, 4) is 11.5 Å². The van der Waals surface area contributed by atoms with Crippen LogP contribution in [0.2, 0.25) is 0 Å². The second kappa shape index (κ2) is 6.30. The molecule has 0 aromatic heterocycles. The van der Waals surface area contributed by atoms with E-state index in [9.17, 15) is 0 Å². The zero-order chi connectivity index (χ0) is 15.5. The van der Waals surface area contributed by atoms with Crippen LogP contribution in [-0.2, 0) is 19.4 Å². The highest BCUT2D eigenvalue weighted by molar-refractivity contribution is 5.53. The van der Waals surface area contributed by atoms with Gasteiger partial charge in [-0.1, -0.05) is 6.07 Å². The van der Waals surface area contributed by atoms with Gasteiger partial charge in [0.2, 0.25) is 0 Å². The molecule has 22 heavy (non-hydrogen) atoms. The predicted octanol–water partition coefficient (Wildman–Crippen LogP) is 4.11. The van der Waals surface area contributed by atoms with Crippen molar-refractivity contribution in [1.29, 1.82) is 0 Å². The molecule has 3 rings (SSSR count). The average molecular weight is 297 g/mol. The van der Waals surface area contributed by atoms with Crippen molar-refractivity contribution in [2.45, 2.75) is 32.7 Å². The first kappa shape index (κ1) is 14.8. The van der Waals surface area contributed by atoms with Crippen LogP contribution in [0.15, 0.2) is 30.3 Å². The summed E-state index contributed by atoms with van der Waals surface area (Å²) in [4.78, 5) is 0. The Labute approximate surface area is 132 Å². The summed E-state index contributed by atoms with van der Waals surface area (Å²) < 4.78 is 11.0. The van der Waals surface area contributed by atoms with E-state index in [0.717, 1.165) is 28.3 Å². The summed E-state index contributed by atoms with van der Waals surface area (Å²) in [5.74, 6) is 1.73. The molecular weight excluding hydrogens is 274 g/mol. The third-order valence-electron chi connectivity index (χ3n) is 4.32. The van der Waals surface area contributed by atoms with Crippen molar-refractivity contribution in [2.75, 3.05) is 19.5 Å². The number of ether oxygens (including phenoxy) is 2. The SMILES string of the molecule is COc1cc(C)cc(OC)c1CNc1ccc2c(c1)CCC2. The number of fused-ring (bicyclic) bond motifs is 1. The Kier molecular flexibility index (Phi) is 4.23. The number of nitrogens with one attached hydrogen (secondary N) is 1. The molecule has 3 heteroatoms. The topological polar surface area (TPSA) is 30.5 Å². The molecule has 0 bridgehead atoms. The fourth-order valence-corrected chi connectivity index (χ4v) is 3.16. The van der Waals surface area contributed by atoms with Crippen molar-refractivity contribution < 1.29 is 9.47 Å². The standard InChI is InChI=1S/C19H23NO2/c1-13-9-18(21-2)17(19(10-13)22-3)12-20-16-8-7-14-5-4-6-15(14)11-16/h7-11,20H,4-6,12H2,1-3H3. The number of hydrogen-bond acceptors (Lipinski definition) is 3. The van der Waals surface area contributed by atoms with Gasteiger partial charge in [-0.25, -0.2) is 0 Å². The van der Waals surface area contributed by atoms with E-state index in [-0.39, 0.29) is 0 Å². The monoisotopic (exact) mass is 297 g/mol. The molecule has 1 N–H and O–H groups in total. The van der Waals surface area contributed by atoms with Crippen molar-refractivity contribution in [3.05, 3.63) is 52.6 Å². The molecule has 0 amide bonds. The molecule has 0 atom stereocenters. The number of aryl methyl sites for hydroxylation is 3. The molecule has 1 aliphatic carbocycles. The second-order valence-corrected chi connectivity index (χ2v) is 5.84. The maximum Gasteiger partial charge on any atom is 0.127 e. The zero-order valence-corrected chi connectivity index (χ0v) is 13.5. The number of methoxy groups -OCH3 is 2. The van der Waals surface area contributed by atoms with E-state index < -0.39 is 0 Å². The number of rotatable bonds is 5. The third-order valence-corrected chi connectivity index (χ3v) is 4.32. The normalized spacial score (nSPS) is 12.9. The van der Waals surface area contributed by atoms with Gasteiger partial charge in [-0.3, -0.25) is 0 Å². The van der Waals surface area contributed by atoms with Crippen molar-refractivity contribution >= 4 is 5.69 Å². The van der Waals surface area contributed by atoms with Gasteiger partial charge >= 0.3 is 0 Å². The summed E-state index contributed by atoms with van der Waals surface area (Å²) in [5.41, 5.74) is 6.32. The van der Waals surface area contributed by atoms with Crippen LogP contribution in [0.1, 0.15) is 28.7 Å². The Balaban J connectivity index is 1.81. The van der Waals surface area contributed by atoms with Crippen LogP contribution >= 0.6 is 0 Å². The maximum absolute atomic E-state index is 5.51. The lowest BCUT2D eigenvalue weighted by atomic mass is 10.1. The largest absolute Gasteiger partial charge is 0.496 e. The van der Waals surface area contributed by atoms with E-state index in [0.29, 0.717) is 6.54 Å². The van der Waals surface area contributed by atoms with Crippen molar-refractivity contribution in [2.24, 2.45) is 0 Å². The number of hydrogen-bond donors (Lipinski definition) is 1. The zero-order valence-electron chi connectivity index (χ0n) is 13.5. The Morgan fingerprint density at radius 3 is 2.32 bits per heavy atom. The van der Waals surface area contributed by atoms with E-state index in [2.05, 4.69) is 23.5 Å². The van der Waals surface area contributed by atoms with Gasteiger partial charge in [0.05, 0.1) is 19.8 Å². The van der Waals surface area contributed by atoms with Crippen LogP contribution < -0.4 is 14.8 Å². The van der Waals surface area contributed by atoms with Gasteiger partial charge in [0.25, 0.3) is 0 Å². The molecule has 0 saturated heterocycles. The fraction of sp³-hybridized carbons (Fsp3) is 0.368. The molecule has 2 aromatic rings. The highest BCUT2D eigenvalue weighted by Gasteiger charge is 2.13. The fourth-order valence-electron chi connectivity index (χ4n) is 3.16. The Hall–Kier alpha value is -2.16. The summed E-state index contributed by atoms with van der Waals surface area (Å²) in [5, 5.41) is 3.50. The minimum Gasteiger partial charge on any atom is -0.496 e. The Morgan fingerprint density at radius 2 is 1.64 bits per heavy atom. The molecule has 1 aliphatic rings. The van der Waals surface area contributed by atoms with Gasteiger partial charge in [0.15, 0.2) is 0 Å². The number of benzene rings is 2. The molecule has 116 valence electrons. The maximum atomic E-state index is 5.51. The first-order chi connectivity index (χ1) is 10.7. The van der Waals surface area contributed by atoms with E-state index in [4.69, 9.17) is 9.47 Å². The number of anilines is 1. The van der Waals surface area contributed by atoms with Crippen LogP contribution in [-0.4, -0.2) is 14.2 Å². The summed E-state index contributed by atoms with van der Waals surface area (Å²) in [6.07, 6.45) is 3.69. The van der Waals surface area contributed by atoms with Gasteiger partial charge in [-0.05, 0) is 67.1 Å². The first-order valence-corrected chi connectivity index (χ1v) is 7.78. The lowest BCUT2D eigenvalue weighted by Gasteiger charge is -2.16. The van der Waals surface area contributed by atoms with Crippen molar-refractivity contribution in [1.82, 2.24) is 0 Å². The molecule has 0 fully saturated rings. The van der Waals surface area contributed by atoms with Crippen LogP contribution in [0.3, 0.4) is 0 Å². The summed E-state index contributed by atoms with van der Waals surface area (Å²) in [7, 11) is 3.40. The molecular formula is C19H23NO2. The highest BCUT2D eigenvalue weighted by Crippen LogP contribution is 2.31. The molecule has 3 nitrogen and oxygen atoms in total. The smallest absolute Gasteiger partial charge is 0.127 e. The predicted molar refractivity (Wildman–Crippen MR) is 90.1 cm³/mol. The van der Waals surface area contributed by atoms with E-state index in [1.807, 2.05) is 19.1 Å².